The number of likely N-dealkylation sites (tertiary alicyclic amines) is 1. The van der Waals surface area contributed by atoms with Crippen LogP contribution in [0, 0.1) is 0 Å². The fourth-order valence-electron chi connectivity index (χ4n) is 3.70. The highest BCUT2D eigenvalue weighted by Gasteiger charge is 2.41. The second-order valence-electron chi connectivity index (χ2n) is 9.47. The molecule has 0 unspecified atom stereocenters. The van der Waals surface area contributed by atoms with E-state index in [0.29, 0.717) is 19.4 Å². The predicted octanol–water partition coefficient (Wildman–Crippen LogP) is 3.14. The molecule has 0 saturated carbocycles. The first kappa shape index (κ1) is 27.9. The molecule has 35 heavy (non-hydrogen) atoms. The summed E-state index contributed by atoms with van der Waals surface area (Å²) in [7, 11) is 1.26. The Morgan fingerprint density at radius 1 is 1.06 bits per heavy atom. The third-order valence-electron chi connectivity index (χ3n) is 5.33. The van der Waals surface area contributed by atoms with Gasteiger partial charge in [-0.1, -0.05) is 36.8 Å². The first-order valence-electron chi connectivity index (χ1n) is 11.9. The van der Waals surface area contributed by atoms with Crippen LogP contribution in [0.15, 0.2) is 30.3 Å². The topological polar surface area (TPSA) is 123 Å². The highest BCUT2D eigenvalue weighted by molar-refractivity contribution is 5.83. The number of ether oxygens (including phenoxy) is 3. The van der Waals surface area contributed by atoms with Gasteiger partial charge in [-0.25, -0.2) is 14.4 Å². The Morgan fingerprint density at radius 3 is 2.43 bits per heavy atom. The van der Waals surface area contributed by atoms with Gasteiger partial charge in [0.1, 0.15) is 18.2 Å². The summed E-state index contributed by atoms with van der Waals surface area (Å²) in [5, 5.41) is 5.58. The number of benzene rings is 1. The Hall–Kier alpha value is -3.30. The monoisotopic (exact) mass is 491 g/mol. The summed E-state index contributed by atoms with van der Waals surface area (Å²) in [5.74, 6) is -0.700. The van der Waals surface area contributed by atoms with E-state index in [4.69, 9.17) is 14.2 Å². The summed E-state index contributed by atoms with van der Waals surface area (Å²) >= 11 is 0. The standard InChI is InChI=1S/C25H37N3O7/c1-25(2,3)35-23(31)26-14-10-6-9-13-21(29)27-19-15-20(22(30)33-4)28(16-19)24(32)34-17-18-11-7-5-8-12-18/h5,7-8,11-12,19-20H,6,9-10,13-17H2,1-4H3,(H,26,31)(H,27,29)/t19-,20+/m1/s1. The normalized spacial score (nSPS) is 17.4. The molecule has 1 aromatic rings. The number of rotatable bonds is 10. The van der Waals surface area contributed by atoms with Crippen molar-refractivity contribution in [3.63, 3.8) is 0 Å². The Kier molecular flexibility index (Phi) is 10.8. The van der Waals surface area contributed by atoms with Crippen molar-refractivity contribution in [2.24, 2.45) is 0 Å². The predicted molar refractivity (Wildman–Crippen MR) is 128 cm³/mol. The molecule has 3 amide bonds. The van der Waals surface area contributed by atoms with Crippen molar-refractivity contribution < 1.29 is 33.4 Å². The molecule has 0 spiro atoms. The summed E-state index contributed by atoms with van der Waals surface area (Å²) in [5.41, 5.74) is 0.296. The average molecular weight is 492 g/mol. The van der Waals surface area contributed by atoms with Gasteiger partial charge in [0.05, 0.1) is 7.11 Å². The molecule has 2 atom stereocenters. The van der Waals surface area contributed by atoms with Crippen LogP contribution in [-0.2, 0) is 30.4 Å². The van der Waals surface area contributed by atoms with Gasteiger partial charge in [0.15, 0.2) is 0 Å². The highest BCUT2D eigenvalue weighted by atomic mass is 16.6. The van der Waals surface area contributed by atoms with Crippen molar-refractivity contribution in [1.29, 1.82) is 0 Å². The van der Waals surface area contributed by atoms with Crippen LogP contribution in [0.5, 0.6) is 0 Å². The Morgan fingerprint density at radius 2 is 1.77 bits per heavy atom. The molecular weight excluding hydrogens is 454 g/mol. The molecule has 0 aliphatic carbocycles. The number of nitrogens with one attached hydrogen (secondary N) is 2. The molecule has 1 aromatic carbocycles. The number of hydrogen-bond acceptors (Lipinski definition) is 7. The Bertz CT molecular complexity index is 854. The number of methoxy groups -OCH3 is 1. The third kappa shape index (κ3) is 10.2. The lowest BCUT2D eigenvalue weighted by atomic mass is 10.1. The second-order valence-corrected chi connectivity index (χ2v) is 9.47. The lowest BCUT2D eigenvalue weighted by Crippen LogP contribution is -2.42. The lowest BCUT2D eigenvalue weighted by molar-refractivity contribution is -0.145. The van der Waals surface area contributed by atoms with E-state index in [1.165, 1.54) is 12.0 Å². The molecule has 0 radical (unpaired) electrons. The molecule has 1 aliphatic heterocycles. The van der Waals surface area contributed by atoms with Crippen LogP contribution in [0.1, 0.15) is 58.4 Å². The van der Waals surface area contributed by atoms with E-state index in [1.54, 1.807) is 20.8 Å². The van der Waals surface area contributed by atoms with Gasteiger partial charge < -0.3 is 24.8 Å². The summed E-state index contributed by atoms with van der Waals surface area (Å²) in [6.45, 7) is 6.13. The first-order valence-corrected chi connectivity index (χ1v) is 11.9. The van der Waals surface area contributed by atoms with E-state index in [1.807, 2.05) is 30.3 Å². The summed E-state index contributed by atoms with van der Waals surface area (Å²) in [4.78, 5) is 50.1. The van der Waals surface area contributed by atoms with E-state index >= 15 is 0 Å². The molecule has 0 aromatic heterocycles. The van der Waals surface area contributed by atoms with Gasteiger partial charge in [0.25, 0.3) is 0 Å². The summed E-state index contributed by atoms with van der Waals surface area (Å²) in [6, 6.07) is 8.06. The van der Waals surface area contributed by atoms with E-state index in [0.717, 1.165) is 18.4 Å². The highest BCUT2D eigenvalue weighted by Crippen LogP contribution is 2.21. The quantitative estimate of drug-likeness (QED) is 0.293. The maximum Gasteiger partial charge on any atom is 0.410 e. The molecule has 1 fully saturated rings. The number of alkyl carbamates (subject to hydrolysis) is 1. The van der Waals surface area contributed by atoms with Crippen LogP contribution in [0.4, 0.5) is 9.59 Å². The smallest absolute Gasteiger partial charge is 0.410 e. The van der Waals surface area contributed by atoms with Crippen LogP contribution in [0.3, 0.4) is 0 Å². The van der Waals surface area contributed by atoms with Crippen LogP contribution in [0.25, 0.3) is 0 Å². The number of esters is 1. The fraction of sp³-hybridized carbons (Fsp3) is 0.600. The van der Waals surface area contributed by atoms with Gasteiger partial charge in [-0.2, -0.15) is 0 Å². The molecule has 1 heterocycles. The number of unbranched alkanes of at least 4 members (excludes halogenated alkanes) is 2. The number of carbonyl (C=O) groups excluding carboxylic acids is 4. The fourth-order valence-corrected chi connectivity index (χ4v) is 3.70. The first-order chi connectivity index (χ1) is 16.6. The number of carbonyl (C=O) groups is 4. The average Bonchev–Trinajstić information content (AvgIpc) is 3.22. The van der Waals surface area contributed by atoms with E-state index in [-0.39, 0.29) is 31.5 Å². The van der Waals surface area contributed by atoms with Gasteiger partial charge in [-0.05, 0) is 39.2 Å². The lowest BCUT2D eigenvalue weighted by Gasteiger charge is -2.21. The number of amides is 3. The molecule has 1 aliphatic rings. The number of hydrogen-bond donors (Lipinski definition) is 2. The van der Waals surface area contributed by atoms with E-state index < -0.39 is 29.8 Å². The van der Waals surface area contributed by atoms with Crippen molar-refractivity contribution in [1.82, 2.24) is 15.5 Å². The van der Waals surface area contributed by atoms with Crippen LogP contribution in [0.2, 0.25) is 0 Å². The summed E-state index contributed by atoms with van der Waals surface area (Å²) < 4.78 is 15.4. The maximum atomic E-state index is 12.6. The van der Waals surface area contributed by atoms with Crippen LogP contribution >= 0.6 is 0 Å². The van der Waals surface area contributed by atoms with Crippen LogP contribution in [-0.4, -0.2) is 66.8 Å². The van der Waals surface area contributed by atoms with Gasteiger partial charge >= 0.3 is 18.2 Å². The summed E-state index contributed by atoms with van der Waals surface area (Å²) in [6.07, 6.45) is 1.63. The Balaban J connectivity index is 1.72. The molecule has 10 nitrogen and oxygen atoms in total. The molecule has 194 valence electrons. The third-order valence-corrected chi connectivity index (χ3v) is 5.33. The maximum absolute atomic E-state index is 12.6. The zero-order valence-electron chi connectivity index (χ0n) is 21.0. The zero-order chi connectivity index (χ0) is 25.8. The van der Waals surface area contributed by atoms with Crippen molar-refractivity contribution in [2.75, 3.05) is 20.2 Å². The zero-order valence-corrected chi connectivity index (χ0v) is 21.0. The van der Waals surface area contributed by atoms with E-state index in [2.05, 4.69) is 10.6 Å². The van der Waals surface area contributed by atoms with Gasteiger partial charge in [0.2, 0.25) is 5.91 Å². The van der Waals surface area contributed by atoms with Gasteiger partial charge in [-0.15, -0.1) is 0 Å². The Labute approximate surface area is 206 Å². The minimum Gasteiger partial charge on any atom is -0.467 e. The van der Waals surface area contributed by atoms with Crippen molar-refractivity contribution in [2.45, 2.75) is 77.2 Å². The van der Waals surface area contributed by atoms with Crippen molar-refractivity contribution >= 4 is 24.1 Å². The van der Waals surface area contributed by atoms with E-state index in [9.17, 15) is 19.2 Å². The molecular formula is C25H37N3O7. The van der Waals surface area contributed by atoms with Gasteiger partial charge in [-0.3, -0.25) is 9.69 Å². The molecule has 10 heteroatoms. The molecule has 2 rings (SSSR count). The van der Waals surface area contributed by atoms with Crippen molar-refractivity contribution in [3.05, 3.63) is 35.9 Å². The largest absolute Gasteiger partial charge is 0.467 e. The minimum atomic E-state index is -0.812. The second kappa shape index (κ2) is 13.6. The molecule has 1 saturated heterocycles. The van der Waals surface area contributed by atoms with Crippen molar-refractivity contribution in [3.8, 4) is 0 Å². The minimum absolute atomic E-state index is 0.0872. The molecule has 0 bridgehead atoms. The van der Waals surface area contributed by atoms with Crippen LogP contribution < -0.4 is 10.6 Å². The van der Waals surface area contributed by atoms with Gasteiger partial charge in [0, 0.05) is 32.0 Å². The molecule has 2 N–H and O–H groups in total. The number of nitrogens with zero attached hydrogens (tertiary/aromatic N) is 1. The SMILES string of the molecule is COC(=O)[C@@H]1C[C@@H](NC(=O)CCCCCNC(=O)OC(C)(C)C)CN1C(=O)OCc1ccccc1.